The zero-order valence-corrected chi connectivity index (χ0v) is 17.4. The van der Waals surface area contributed by atoms with E-state index in [4.69, 9.17) is 4.74 Å². The largest absolute Gasteiger partial charge is 0.466 e. The van der Waals surface area contributed by atoms with Crippen molar-refractivity contribution < 1.29 is 9.53 Å². The van der Waals surface area contributed by atoms with E-state index >= 15 is 0 Å². The molecule has 3 saturated carbocycles. The van der Waals surface area contributed by atoms with Crippen LogP contribution in [0.15, 0.2) is 0 Å². The van der Waals surface area contributed by atoms with Gasteiger partial charge in [0.1, 0.15) is 0 Å². The minimum atomic E-state index is 0.0633. The van der Waals surface area contributed by atoms with Crippen LogP contribution in [0.25, 0.3) is 0 Å². The van der Waals surface area contributed by atoms with Crippen LogP contribution >= 0.6 is 0 Å². The summed E-state index contributed by atoms with van der Waals surface area (Å²) < 4.78 is 5.23. The van der Waals surface area contributed by atoms with E-state index < -0.39 is 0 Å². The number of carbonyl (C=O) groups is 1. The molecule has 0 aromatic carbocycles. The van der Waals surface area contributed by atoms with Gasteiger partial charge in [-0.25, -0.2) is 0 Å². The number of esters is 1. The third-order valence-corrected chi connectivity index (χ3v) is 8.13. The summed E-state index contributed by atoms with van der Waals surface area (Å²) in [5.74, 6) is 5.22. The molecule has 3 aliphatic rings. The van der Waals surface area contributed by atoms with Gasteiger partial charge in [0.25, 0.3) is 0 Å². The lowest BCUT2D eigenvalue weighted by atomic mass is 9.65. The molecule has 0 heterocycles. The minimum absolute atomic E-state index is 0.0633. The Kier molecular flexibility index (Phi) is 7.88. The quantitative estimate of drug-likeness (QED) is 0.487. The van der Waals surface area contributed by atoms with Crippen LogP contribution in [0.4, 0.5) is 0 Å². The molecule has 3 aliphatic carbocycles. The van der Waals surface area contributed by atoms with Gasteiger partial charge in [-0.2, -0.15) is 0 Å². The predicted octanol–water partition coefficient (Wildman–Crippen LogP) is 6.77. The minimum Gasteiger partial charge on any atom is -0.466 e. The fourth-order valence-corrected chi connectivity index (χ4v) is 6.53. The normalized spacial score (nSPS) is 38.7. The average Bonchev–Trinajstić information content (AvgIpc) is 2.69. The molecule has 26 heavy (non-hydrogen) atoms. The van der Waals surface area contributed by atoms with E-state index in [1.54, 1.807) is 0 Å². The Labute approximate surface area is 161 Å². The first-order chi connectivity index (χ1) is 12.7. The monoisotopic (exact) mass is 362 g/mol. The second-order valence-electron chi connectivity index (χ2n) is 9.61. The van der Waals surface area contributed by atoms with E-state index in [0.29, 0.717) is 6.61 Å². The number of carbonyl (C=O) groups excluding carboxylic acids is 1. The summed E-state index contributed by atoms with van der Waals surface area (Å²) in [7, 11) is 0. The Bertz CT molecular complexity index is 408. The van der Waals surface area contributed by atoms with Crippen LogP contribution < -0.4 is 0 Å². The third kappa shape index (κ3) is 5.26. The van der Waals surface area contributed by atoms with Gasteiger partial charge >= 0.3 is 5.97 Å². The lowest BCUT2D eigenvalue weighted by molar-refractivity contribution is -0.149. The SMILES string of the molecule is CCCC1CCC(C2CCC(C3CCC(C(=O)OCC)CC3)CC2)CC1. The van der Waals surface area contributed by atoms with Gasteiger partial charge in [0.15, 0.2) is 0 Å². The highest BCUT2D eigenvalue weighted by molar-refractivity contribution is 5.72. The second-order valence-corrected chi connectivity index (χ2v) is 9.61. The molecule has 2 nitrogen and oxygen atoms in total. The van der Waals surface area contributed by atoms with Crippen LogP contribution in [0.5, 0.6) is 0 Å². The Hall–Kier alpha value is -0.530. The number of hydrogen-bond acceptors (Lipinski definition) is 2. The molecule has 0 saturated heterocycles. The maximum absolute atomic E-state index is 11.9. The van der Waals surface area contributed by atoms with Crippen LogP contribution in [-0.2, 0) is 9.53 Å². The van der Waals surface area contributed by atoms with Gasteiger partial charge in [-0.1, -0.05) is 32.6 Å². The molecule has 0 spiro atoms. The van der Waals surface area contributed by atoms with Crippen LogP contribution in [0.2, 0.25) is 0 Å². The molecular formula is C24H42O2. The van der Waals surface area contributed by atoms with Crippen LogP contribution in [-0.4, -0.2) is 12.6 Å². The van der Waals surface area contributed by atoms with Gasteiger partial charge in [-0.3, -0.25) is 4.79 Å². The lowest BCUT2D eigenvalue weighted by Crippen LogP contribution is -2.31. The highest BCUT2D eigenvalue weighted by atomic mass is 16.5. The lowest BCUT2D eigenvalue weighted by Gasteiger charge is -2.41. The Balaban J connectivity index is 1.36. The zero-order valence-electron chi connectivity index (χ0n) is 17.4. The van der Waals surface area contributed by atoms with Crippen molar-refractivity contribution in [2.45, 2.75) is 104 Å². The number of ether oxygens (including phenoxy) is 1. The highest BCUT2D eigenvalue weighted by Gasteiger charge is 2.35. The van der Waals surface area contributed by atoms with Crippen molar-refractivity contribution in [3.63, 3.8) is 0 Å². The molecule has 150 valence electrons. The molecule has 0 bridgehead atoms. The molecule has 0 amide bonds. The van der Waals surface area contributed by atoms with Crippen molar-refractivity contribution in [1.29, 1.82) is 0 Å². The molecule has 0 N–H and O–H groups in total. The van der Waals surface area contributed by atoms with E-state index in [9.17, 15) is 4.79 Å². The van der Waals surface area contributed by atoms with Gasteiger partial charge in [0.05, 0.1) is 12.5 Å². The molecule has 0 aromatic rings. The predicted molar refractivity (Wildman–Crippen MR) is 108 cm³/mol. The molecule has 0 aliphatic heterocycles. The molecule has 0 aromatic heterocycles. The summed E-state index contributed by atoms with van der Waals surface area (Å²) in [6.45, 7) is 4.79. The molecule has 3 rings (SSSR count). The summed E-state index contributed by atoms with van der Waals surface area (Å²) in [5, 5.41) is 0. The third-order valence-electron chi connectivity index (χ3n) is 8.13. The van der Waals surface area contributed by atoms with Crippen LogP contribution in [0.1, 0.15) is 104 Å². The standard InChI is InChI=1S/C24H42O2/c1-3-5-18-6-8-19(9-7-18)20-10-12-21(13-11-20)22-14-16-23(17-15-22)24(25)26-4-2/h18-23H,3-17H2,1-2H3. The summed E-state index contributed by atoms with van der Waals surface area (Å²) in [6, 6.07) is 0. The molecule has 0 atom stereocenters. The first-order valence-electron chi connectivity index (χ1n) is 11.9. The zero-order chi connectivity index (χ0) is 18.4. The van der Waals surface area contributed by atoms with Crippen molar-refractivity contribution in [3.05, 3.63) is 0 Å². The van der Waals surface area contributed by atoms with E-state index in [1.807, 2.05) is 6.92 Å². The Morgan fingerprint density at radius 3 is 1.54 bits per heavy atom. The van der Waals surface area contributed by atoms with Gasteiger partial charge < -0.3 is 4.74 Å². The Morgan fingerprint density at radius 2 is 1.12 bits per heavy atom. The maximum atomic E-state index is 11.9. The molecule has 0 unspecified atom stereocenters. The Morgan fingerprint density at radius 1 is 0.692 bits per heavy atom. The van der Waals surface area contributed by atoms with Crippen molar-refractivity contribution in [2.75, 3.05) is 6.61 Å². The number of rotatable bonds is 6. The van der Waals surface area contributed by atoms with Gasteiger partial charge in [-0.15, -0.1) is 0 Å². The van der Waals surface area contributed by atoms with Crippen molar-refractivity contribution >= 4 is 5.97 Å². The van der Waals surface area contributed by atoms with Crippen molar-refractivity contribution in [1.82, 2.24) is 0 Å². The molecule has 3 fully saturated rings. The van der Waals surface area contributed by atoms with Gasteiger partial charge in [0.2, 0.25) is 0 Å². The van der Waals surface area contributed by atoms with Crippen LogP contribution in [0.3, 0.4) is 0 Å². The highest BCUT2D eigenvalue weighted by Crippen LogP contribution is 2.46. The maximum Gasteiger partial charge on any atom is 0.308 e. The molecule has 2 heteroatoms. The fourth-order valence-electron chi connectivity index (χ4n) is 6.53. The number of hydrogen-bond donors (Lipinski definition) is 0. The van der Waals surface area contributed by atoms with Gasteiger partial charge in [-0.05, 0) is 101 Å². The molecule has 0 radical (unpaired) electrons. The average molecular weight is 363 g/mol. The summed E-state index contributed by atoms with van der Waals surface area (Å²) in [5.41, 5.74) is 0. The fraction of sp³-hybridized carbons (Fsp3) is 0.958. The first-order valence-corrected chi connectivity index (χ1v) is 11.9. The first kappa shape index (κ1) is 20.2. The van der Waals surface area contributed by atoms with E-state index in [1.165, 1.54) is 77.0 Å². The van der Waals surface area contributed by atoms with E-state index in [-0.39, 0.29) is 11.9 Å². The van der Waals surface area contributed by atoms with Crippen molar-refractivity contribution in [3.8, 4) is 0 Å². The van der Waals surface area contributed by atoms with Gasteiger partial charge in [0, 0.05) is 0 Å². The van der Waals surface area contributed by atoms with Crippen LogP contribution in [0, 0.1) is 35.5 Å². The van der Waals surface area contributed by atoms with E-state index in [2.05, 4.69) is 6.92 Å². The smallest absolute Gasteiger partial charge is 0.308 e. The summed E-state index contributed by atoms with van der Waals surface area (Å²) in [6.07, 6.45) is 19.5. The van der Waals surface area contributed by atoms with Crippen molar-refractivity contribution in [2.24, 2.45) is 35.5 Å². The molecular weight excluding hydrogens is 320 g/mol. The van der Waals surface area contributed by atoms with E-state index in [0.717, 1.165) is 42.4 Å². The summed E-state index contributed by atoms with van der Waals surface area (Å²) >= 11 is 0. The topological polar surface area (TPSA) is 26.3 Å². The second kappa shape index (κ2) is 10.1. The summed E-state index contributed by atoms with van der Waals surface area (Å²) in [4.78, 5) is 11.9.